The van der Waals surface area contributed by atoms with Gasteiger partial charge in [-0.25, -0.2) is 34.9 Å². The Hall–Kier alpha value is -17.5. The van der Waals surface area contributed by atoms with Crippen molar-refractivity contribution < 1.29 is 0 Å². The average Bonchev–Trinajstić information content (AvgIpc) is 1.56. The molecule has 0 saturated carbocycles. The van der Waals surface area contributed by atoms with Crippen molar-refractivity contribution in [3.05, 3.63) is 479 Å². The molecule has 6 heterocycles. The number of hydrogen-bond acceptors (Lipinski definition) is 7. The molecule has 0 unspecified atom stereocenters. The number of rotatable bonds is 16. The van der Waals surface area contributed by atoms with Crippen LogP contribution >= 0.6 is 0 Å². The first-order valence-corrected chi connectivity index (χ1v) is 43.9. The van der Waals surface area contributed by atoms with Gasteiger partial charge in [-0.3, -0.25) is 0 Å². The van der Waals surface area contributed by atoms with Crippen LogP contribution in [0.4, 0.5) is 0 Å². The summed E-state index contributed by atoms with van der Waals surface area (Å²) in [5.74, 6) is 2.55. The van der Waals surface area contributed by atoms with Gasteiger partial charge in [-0.05, 0) is 121 Å². The summed E-state index contributed by atoms with van der Waals surface area (Å²) in [6, 6.07) is 168. The number of fused-ring (bicyclic) bond motifs is 10. The van der Waals surface area contributed by atoms with E-state index in [1.807, 2.05) is 24.3 Å². The highest BCUT2D eigenvalue weighted by Gasteiger charge is 2.25. The minimum atomic E-state index is 0.618. The van der Waals surface area contributed by atoms with Gasteiger partial charge in [0.05, 0.1) is 55.9 Å². The predicted molar refractivity (Wildman–Crippen MR) is 537 cm³/mol. The minimum Gasteiger partial charge on any atom is -0.308 e. The molecule has 0 radical (unpaired) electrons. The molecule has 9 heteroatoms. The van der Waals surface area contributed by atoms with Gasteiger partial charge < -0.3 is 9.13 Å². The fourth-order valence-electron chi connectivity index (χ4n) is 18.2. The van der Waals surface area contributed by atoms with Gasteiger partial charge in [-0.2, -0.15) is 0 Å². The summed E-state index contributed by atoms with van der Waals surface area (Å²) in [5.41, 5.74) is 34.2. The zero-order valence-electron chi connectivity index (χ0n) is 70.6. The molecule has 0 aliphatic carbocycles. The van der Waals surface area contributed by atoms with Crippen LogP contribution in [0.5, 0.6) is 0 Å². The van der Waals surface area contributed by atoms with Crippen molar-refractivity contribution >= 4 is 65.4 Å². The Labute approximate surface area is 752 Å². The molecular weight excluding hydrogens is 1580 g/mol. The van der Waals surface area contributed by atoms with E-state index in [4.69, 9.17) is 34.9 Å². The first kappa shape index (κ1) is 77.3. The lowest BCUT2D eigenvalue weighted by atomic mass is 9.98. The Morgan fingerprint density at radius 3 is 0.638 bits per heavy atom. The zero-order valence-corrected chi connectivity index (χ0v) is 70.6. The molecule has 0 aliphatic rings. The maximum absolute atomic E-state index is 5.35. The van der Waals surface area contributed by atoms with Crippen molar-refractivity contribution in [1.29, 1.82) is 0 Å². The lowest BCUT2D eigenvalue weighted by Gasteiger charge is -2.12. The summed E-state index contributed by atoms with van der Waals surface area (Å²) in [5, 5.41) is 6.93. The summed E-state index contributed by atoms with van der Waals surface area (Å²) in [6.45, 7) is 0. The molecule has 24 rings (SSSR count). The Morgan fingerprint density at radius 2 is 0.354 bits per heavy atom. The topological polar surface area (TPSA) is 100 Å². The van der Waals surface area contributed by atoms with E-state index in [0.717, 1.165) is 167 Å². The average molecular weight is 1660 g/mol. The highest BCUT2D eigenvalue weighted by atomic mass is 15.0. The largest absolute Gasteiger partial charge is 0.308 e. The van der Waals surface area contributed by atoms with Crippen molar-refractivity contribution in [3.63, 3.8) is 0 Å². The molecule has 24 aromatic rings. The Balaban J connectivity index is 0.000000148. The lowest BCUT2D eigenvalue weighted by molar-refractivity contribution is 1.07. The molecule has 9 nitrogen and oxygen atoms in total. The van der Waals surface area contributed by atoms with E-state index in [0.29, 0.717) is 23.3 Å². The van der Waals surface area contributed by atoms with Gasteiger partial charge in [0, 0.05) is 88.2 Å². The number of pyridine rings is 2. The zero-order chi connectivity index (χ0) is 86.2. The van der Waals surface area contributed by atoms with E-state index in [-0.39, 0.29) is 0 Å². The smallest absolute Gasteiger partial charge is 0.164 e. The van der Waals surface area contributed by atoms with Crippen LogP contribution in [0.15, 0.2) is 479 Å². The third kappa shape index (κ3) is 14.9. The first-order valence-electron chi connectivity index (χ1n) is 43.9. The van der Waals surface area contributed by atoms with Gasteiger partial charge in [0.25, 0.3) is 0 Å². The molecule has 0 fully saturated rings. The minimum absolute atomic E-state index is 0.618. The standard InChI is InChI=1S/C61H40N4.C60H39N5/c1-4-14-41(15-5-1)43-24-32-47(33-25-43)55-40-56(64-61(63-55)50-38-30-44(31-39-50)42-16-6-2-7-17-42)48-34-26-45(27-35-48)46-28-36-49(37-29-46)59-58-53-21-11-13-23-57(53)65(51-18-8-3-9-19-51)60(58)52-20-10-12-22-54(52)62-59;1-4-14-40(15-5-1)42-26-34-47(35-27-42)58-62-59(48-36-28-43(29-37-48)41-16-6-2-7-17-41)64-60(63-58)49-38-30-45(31-39-49)44-24-32-46(33-25-44)56-55-52-21-11-13-23-54(52)65(50-18-8-3-9-19-50)57(55)51-20-10-12-22-53(51)61-56/h1-40H;1-39H. The van der Waals surface area contributed by atoms with Crippen molar-refractivity contribution in [3.8, 4) is 169 Å². The molecule has 0 amide bonds. The van der Waals surface area contributed by atoms with Gasteiger partial charge in [0.15, 0.2) is 23.3 Å². The van der Waals surface area contributed by atoms with Crippen LogP contribution in [0.2, 0.25) is 0 Å². The number of para-hydroxylation sites is 6. The molecular formula is C121H79N9. The third-order valence-corrected chi connectivity index (χ3v) is 24.7. The van der Waals surface area contributed by atoms with Crippen LogP contribution in [0.3, 0.4) is 0 Å². The molecule has 0 bridgehead atoms. The monoisotopic (exact) mass is 1660 g/mol. The molecule has 6 aromatic heterocycles. The number of hydrogen-bond donors (Lipinski definition) is 0. The highest BCUT2D eigenvalue weighted by Crippen LogP contribution is 2.45. The van der Waals surface area contributed by atoms with Crippen molar-refractivity contribution in [2.75, 3.05) is 0 Å². The molecule has 0 saturated heterocycles. The summed E-state index contributed by atoms with van der Waals surface area (Å²) >= 11 is 0. The van der Waals surface area contributed by atoms with Crippen LogP contribution in [0.1, 0.15) is 0 Å². The highest BCUT2D eigenvalue weighted by molar-refractivity contribution is 6.24. The number of benzene rings is 18. The van der Waals surface area contributed by atoms with Crippen LogP contribution in [-0.4, -0.2) is 44.0 Å². The van der Waals surface area contributed by atoms with Gasteiger partial charge >= 0.3 is 0 Å². The maximum Gasteiger partial charge on any atom is 0.164 e. The molecule has 0 N–H and O–H groups in total. The van der Waals surface area contributed by atoms with Crippen LogP contribution in [0.25, 0.3) is 234 Å². The van der Waals surface area contributed by atoms with E-state index < -0.39 is 0 Å². The van der Waals surface area contributed by atoms with Crippen molar-refractivity contribution in [2.24, 2.45) is 0 Å². The van der Waals surface area contributed by atoms with E-state index in [2.05, 4.69) is 464 Å². The molecule has 608 valence electrons. The summed E-state index contributed by atoms with van der Waals surface area (Å²) in [6.07, 6.45) is 0. The lowest BCUT2D eigenvalue weighted by Crippen LogP contribution is -2.00. The second kappa shape index (κ2) is 33.8. The summed E-state index contributed by atoms with van der Waals surface area (Å²) in [4.78, 5) is 36.2. The van der Waals surface area contributed by atoms with E-state index in [1.165, 1.54) is 44.1 Å². The number of aromatic nitrogens is 9. The Morgan fingerprint density at radius 1 is 0.146 bits per heavy atom. The van der Waals surface area contributed by atoms with Crippen LogP contribution in [-0.2, 0) is 0 Å². The molecule has 0 aliphatic heterocycles. The van der Waals surface area contributed by atoms with E-state index in [1.54, 1.807) is 0 Å². The normalized spacial score (nSPS) is 11.4. The van der Waals surface area contributed by atoms with Crippen LogP contribution < -0.4 is 0 Å². The van der Waals surface area contributed by atoms with Gasteiger partial charge in [0.1, 0.15) is 0 Å². The molecule has 130 heavy (non-hydrogen) atoms. The SMILES string of the molecule is c1ccc(-c2ccc(-c3cc(-c4ccc(-c5ccc(-c6nc7ccccc7c7c6c6ccccc6n7-c6ccccc6)cc5)cc4)nc(-c4ccc(-c5ccccc5)cc4)n3)cc2)cc1.c1ccc(-c2ccc(-c3nc(-c4ccc(-c5ccccc5)cc4)nc(-c4ccc(-c5ccc(-c6nc7ccccc7c7c6c6ccccc6n7-c6ccccc6)cc5)cc4)n3)cc2)cc1. The predicted octanol–water partition coefficient (Wildman–Crippen LogP) is 31.0. The fraction of sp³-hybridized carbons (Fsp3) is 0. The molecule has 0 spiro atoms. The van der Waals surface area contributed by atoms with E-state index in [9.17, 15) is 0 Å². The second-order valence-electron chi connectivity index (χ2n) is 32.6. The maximum atomic E-state index is 5.35. The third-order valence-electron chi connectivity index (χ3n) is 24.7. The Kier molecular flexibility index (Phi) is 20.1. The van der Waals surface area contributed by atoms with Gasteiger partial charge in [0.2, 0.25) is 0 Å². The molecule has 18 aromatic carbocycles. The second-order valence-corrected chi connectivity index (χ2v) is 32.6. The quantitative estimate of drug-likeness (QED) is 0.0950. The summed E-state index contributed by atoms with van der Waals surface area (Å²) in [7, 11) is 0. The molecule has 0 atom stereocenters. The van der Waals surface area contributed by atoms with Crippen LogP contribution in [0, 0.1) is 0 Å². The summed E-state index contributed by atoms with van der Waals surface area (Å²) < 4.78 is 4.77. The fourth-order valence-corrected chi connectivity index (χ4v) is 18.2. The first-order chi connectivity index (χ1) is 64.4. The van der Waals surface area contributed by atoms with Gasteiger partial charge in [-0.15, -0.1) is 0 Å². The Bertz CT molecular complexity index is 7570. The van der Waals surface area contributed by atoms with E-state index >= 15 is 0 Å². The van der Waals surface area contributed by atoms with Crippen molar-refractivity contribution in [2.45, 2.75) is 0 Å². The van der Waals surface area contributed by atoms with Crippen molar-refractivity contribution in [1.82, 2.24) is 44.0 Å². The number of nitrogens with zero attached hydrogens (tertiary/aromatic N) is 9. The van der Waals surface area contributed by atoms with Gasteiger partial charge in [-0.1, -0.05) is 425 Å².